The zero-order valence-electron chi connectivity index (χ0n) is 19.4. The van der Waals surface area contributed by atoms with Crippen molar-refractivity contribution in [3.63, 3.8) is 0 Å². The standard InChI is InChI=1S/C30H22Cl2N2OS/c1-20-19-36-30-33-26(17-11-21-7-13-24(31)14-8-21)28(29(34(20)30)23-5-3-2-4-6-23)27(35)18-12-22-9-15-25(32)16-10-22/h2-19,29H,1H3/b17-11+,18-12+. The molecular formula is C30H22Cl2N2OS. The third kappa shape index (κ3) is 5.26. The van der Waals surface area contributed by atoms with Crippen molar-refractivity contribution in [3.05, 3.63) is 140 Å². The molecule has 36 heavy (non-hydrogen) atoms. The van der Waals surface area contributed by atoms with E-state index in [9.17, 15) is 4.79 Å². The number of allylic oxidation sites excluding steroid dienone is 3. The molecule has 0 aliphatic carbocycles. The van der Waals surface area contributed by atoms with Crippen LogP contribution < -0.4 is 0 Å². The van der Waals surface area contributed by atoms with Crippen molar-refractivity contribution in [2.24, 2.45) is 4.99 Å². The maximum Gasteiger partial charge on any atom is 0.186 e. The monoisotopic (exact) mass is 528 g/mol. The van der Waals surface area contributed by atoms with Gasteiger partial charge in [0.2, 0.25) is 0 Å². The topological polar surface area (TPSA) is 32.7 Å². The van der Waals surface area contributed by atoms with Crippen molar-refractivity contribution >= 4 is 58.1 Å². The van der Waals surface area contributed by atoms with E-state index in [1.165, 1.54) is 0 Å². The number of amidine groups is 1. The van der Waals surface area contributed by atoms with Gasteiger partial charge < -0.3 is 4.90 Å². The van der Waals surface area contributed by atoms with E-state index < -0.39 is 0 Å². The van der Waals surface area contributed by atoms with Crippen LogP contribution in [0, 0.1) is 0 Å². The summed E-state index contributed by atoms with van der Waals surface area (Å²) in [5, 5.41) is 4.26. The highest BCUT2D eigenvalue weighted by atomic mass is 35.5. The molecule has 3 nitrogen and oxygen atoms in total. The van der Waals surface area contributed by atoms with Crippen LogP contribution in [0.1, 0.15) is 29.7 Å². The molecule has 2 aliphatic heterocycles. The molecule has 2 heterocycles. The number of carbonyl (C=O) groups is 1. The number of aliphatic imine (C=N–C) groups is 1. The predicted octanol–water partition coefficient (Wildman–Crippen LogP) is 8.56. The number of fused-ring (bicyclic) bond motifs is 1. The van der Waals surface area contributed by atoms with Crippen molar-refractivity contribution in [2.75, 3.05) is 0 Å². The molecule has 0 N–H and O–H groups in total. The van der Waals surface area contributed by atoms with Gasteiger partial charge in [-0.2, -0.15) is 0 Å². The minimum Gasteiger partial charge on any atom is -0.312 e. The summed E-state index contributed by atoms with van der Waals surface area (Å²) in [7, 11) is 0. The Morgan fingerprint density at radius 3 is 2.11 bits per heavy atom. The number of halogens is 2. The number of thioether (sulfide) groups is 1. The van der Waals surface area contributed by atoms with E-state index in [-0.39, 0.29) is 11.8 Å². The highest BCUT2D eigenvalue weighted by Gasteiger charge is 2.38. The molecule has 0 saturated heterocycles. The molecule has 6 heteroatoms. The van der Waals surface area contributed by atoms with Gasteiger partial charge in [0.1, 0.15) is 0 Å². The second kappa shape index (κ2) is 10.8. The Morgan fingerprint density at radius 2 is 1.47 bits per heavy atom. The van der Waals surface area contributed by atoms with Crippen molar-refractivity contribution in [3.8, 4) is 0 Å². The number of benzene rings is 3. The maximum atomic E-state index is 13.8. The summed E-state index contributed by atoms with van der Waals surface area (Å²) in [6.07, 6.45) is 7.31. The molecule has 0 fully saturated rings. The fourth-order valence-electron chi connectivity index (χ4n) is 4.15. The van der Waals surface area contributed by atoms with Crippen LogP contribution in [0.15, 0.2) is 118 Å². The van der Waals surface area contributed by atoms with Crippen LogP contribution in [-0.4, -0.2) is 15.9 Å². The van der Waals surface area contributed by atoms with Gasteiger partial charge in [0, 0.05) is 15.7 Å². The molecule has 0 spiro atoms. The Balaban J connectivity index is 1.62. The van der Waals surface area contributed by atoms with Crippen LogP contribution in [0.3, 0.4) is 0 Å². The van der Waals surface area contributed by atoms with Gasteiger partial charge in [0.05, 0.1) is 17.3 Å². The summed E-state index contributed by atoms with van der Waals surface area (Å²) in [4.78, 5) is 20.9. The second-order valence-electron chi connectivity index (χ2n) is 8.39. The van der Waals surface area contributed by atoms with Gasteiger partial charge in [-0.25, -0.2) is 4.99 Å². The molecule has 0 amide bonds. The van der Waals surface area contributed by atoms with Gasteiger partial charge in [-0.15, -0.1) is 0 Å². The van der Waals surface area contributed by atoms with E-state index in [1.807, 2.05) is 91.9 Å². The van der Waals surface area contributed by atoms with E-state index in [0.717, 1.165) is 27.6 Å². The van der Waals surface area contributed by atoms with Crippen LogP contribution >= 0.6 is 35.0 Å². The summed E-state index contributed by atoms with van der Waals surface area (Å²) in [6.45, 7) is 2.05. The first-order valence-corrected chi connectivity index (χ1v) is 13.1. The summed E-state index contributed by atoms with van der Waals surface area (Å²) in [6, 6.07) is 24.8. The third-order valence-electron chi connectivity index (χ3n) is 5.93. The molecule has 2 aliphatic rings. The summed E-state index contributed by atoms with van der Waals surface area (Å²) < 4.78 is 0. The molecular weight excluding hydrogens is 507 g/mol. The van der Waals surface area contributed by atoms with E-state index in [1.54, 1.807) is 17.8 Å². The molecule has 1 unspecified atom stereocenters. The Kier molecular flexibility index (Phi) is 7.28. The molecule has 0 radical (unpaired) electrons. The second-order valence-corrected chi connectivity index (χ2v) is 10.1. The van der Waals surface area contributed by atoms with Crippen LogP contribution in [0.25, 0.3) is 12.2 Å². The van der Waals surface area contributed by atoms with Crippen LogP contribution in [0.4, 0.5) is 0 Å². The normalized spacial score (nSPS) is 17.5. The van der Waals surface area contributed by atoms with Gasteiger partial charge in [0.25, 0.3) is 0 Å². The molecule has 178 valence electrons. The lowest BCUT2D eigenvalue weighted by Gasteiger charge is -2.35. The van der Waals surface area contributed by atoms with Crippen molar-refractivity contribution in [1.82, 2.24) is 4.90 Å². The lowest BCUT2D eigenvalue weighted by atomic mass is 9.90. The third-order valence-corrected chi connectivity index (χ3v) is 7.39. The first kappa shape index (κ1) is 24.4. The van der Waals surface area contributed by atoms with Gasteiger partial charge in [-0.3, -0.25) is 4.79 Å². The molecule has 3 aromatic carbocycles. The SMILES string of the molecule is CC1=CSC2=NC(/C=C/c3ccc(Cl)cc3)=C(C(=O)/C=C/c3ccc(Cl)cc3)C(c3ccccc3)N12. The highest BCUT2D eigenvalue weighted by Crippen LogP contribution is 2.44. The summed E-state index contributed by atoms with van der Waals surface area (Å²) >= 11 is 13.6. The number of hydrogen-bond acceptors (Lipinski definition) is 4. The molecule has 0 aromatic heterocycles. The maximum absolute atomic E-state index is 13.8. The van der Waals surface area contributed by atoms with E-state index in [2.05, 4.69) is 22.4 Å². The zero-order valence-corrected chi connectivity index (χ0v) is 21.8. The minimum atomic E-state index is -0.294. The number of nitrogens with zero attached hydrogens (tertiary/aromatic N) is 2. The van der Waals surface area contributed by atoms with Gasteiger partial charge in [-0.1, -0.05) is 102 Å². The molecule has 0 saturated carbocycles. The minimum absolute atomic E-state index is 0.0953. The Morgan fingerprint density at radius 1 is 0.861 bits per heavy atom. The van der Waals surface area contributed by atoms with Gasteiger partial charge in [0.15, 0.2) is 11.0 Å². The fraction of sp³-hybridized carbons (Fsp3) is 0.0667. The highest BCUT2D eigenvalue weighted by molar-refractivity contribution is 8.16. The lowest BCUT2D eigenvalue weighted by Crippen LogP contribution is -2.35. The summed E-state index contributed by atoms with van der Waals surface area (Å²) in [5.74, 6) is -0.0953. The van der Waals surface area contributed by atoms with Crippen molar-refractivity contribution in [1.29, 1.82) is 0 Å². The average molecular weight is 529 g/mol. The Labute approximate surface area is 225 Å². The van der Waals surface area contributed by atoms with Gasteiger partial charge >= 0.3 is 0 Å². The van der Waals surface area contributed by atoms with Crippen LogP contribution in [0.5, 0.6) is 0 Å². The number of carbonyl (C=O) groups excluding carboxylic acids is 1. The number of hydrogen-bond donors (Lipinski definition) is 0. The molecule has 1 atom stereocenters. The largest absolute Gasteiger partial charge is 0.312 e. The molecule has 5 rings (SSSR count). The first-order chi connectivity index (χ1) is 17.5. The lowest BCUT2D eigenvalue weighted by molar-refractivity contribution is -0.111. The van der Waals surface area contributed by atoms with E-state index >= 15 is 0 Å². The number of ketones is 1. The average Bonchev–Trinajstić information content (AvgIpc) is 3.27. The summed E-state index contributed by atoms with van der Waals surface area (Å²) in [5.41, 5.74) is 5.22. The molecule has 3 aromatic rings. The van der Waals surface area contributed by atoms with Crippen LogP contribution in [-0.2, 0) is 4.79 Å². The zero-order chi connectivity index (χ0) is 25.1. The Bertz CT molecular complexity index is 1440. The van der Waals surface area contributed by atoms with Crippen molar-refractivity contribution < 1.29 is 4.79 Å². The first-order valence-electron chi connectivity index (χ1n) is 11.4. The van der Waals surface area contributed by atoms with E-state index in [4.69, 9.17) is 28.2 Å². The quantitative estimate of drug-likeness (QED) is 0.300. The predicted molar refractivity (Wildman–Crippen MR) is 153 cm³/mol. The number of rotatable bonds is 6. The Hall–Kier alpha value is -3.31. The molecule has 0 bridgehead atoms. The van der Waals surface area contributed by atoms with Gasteiger partial charge in [-0.05, 0) is 65.4 Å². The van der Waals surface area contributed by atoms with Crippen LogP contribution in [0.2, 0.25) is 10.0 Å². The van der Waals surface area contributed by atoms with Crippen molar-refractivity contribution in [2.45, 2.75) is 13.0 Å². The van der Waals surface area contributed by atoms with E-state index in [0.29, 0.717) is 21.3 Å². The smallest absolute Gasteiger partial charge is 0.186 e. The fourth-order valence-corrected chi connectivity index (χ4v) is 5.31.